The molecule has 0 unspecified atom stereocenters. The van der Waals surface area contributed by atoms with Crippen molar-refractivity contribution < 1.29 is 14.6 Å². The fourth-order valence-electron chi connectivity index (χ4n) is 3.55. The number of ether oxygens (including phenoxy) is 1. The number of aliphatic hydroxyl groups excluding tert-OH is 1. The summed E-state index contributed by atoms with van der Waals surface area (Å²) in [7, 11) is 0. The summed E-state index contributed by atoms with van der Waals surface area (Å²) in [5.41, 5.74) is 2.81. The lowest BCUT2D eigenvalue weighted by Crippen LogP contribution is -2.49. The number of rotatable bonds is 8. The fraction of sp³-hybridized carbons (Fsp3) is 0.304. The molecule has 0 bridgehead atoms. The maximum Gasteiger partial charge on any atom is 0.270 e. The van der Waals surface area contributed by atoms with Gasteiger partial charge in [0.1, 0.15) is 18.9 Å². The molecule has 2 aromatic heterocycles. The number of aliphatic hydroxyl groups is 1. The fourth-order valence-corrected chi connectivity index (χ4v) is 3.79. The van der Waals surface area contributed by atoms with Crippen LogP contribution in [-0.4, -0.2) is 49.7 Å². The van der Waals surface area contributed by atoms with Crippen LogP contribution in [0.1, 0.15) is 27.2 Å². The number of Topliss-reactive ketones (excluding diaryl/α,β-unsaturated/α-hetero) is 1. The van der Waals surface area contributed by atoms with Gasteiger partial charge in [0.15, 0.2) is 5.78 Å². The van der Waals surface area contributed by atoms with E-state index in [1.165, 1.54) is 12.3 Å². The minimum absolute atomic E-state index is 0.147. The van der Waals surface area contributed by atoms with E-state index in [2.05, 4.69) is 30.9 Å². The zero-order valence-electron chi connectivity index (χ0n) is 17.6. The molecule has 1 aliphatic heterocycles. The maximum absolute atomic E-state index is 12.8. The van der Waals surface area contributed by atoms with E-state index in [0.717, 1.165) is 32.5 Å². The average molecular weight is 499 g/mol. The van der Waals surface area contributed by atoms with E-state index in [1.807, 2.05) is 31.2 Å². The van der Waals surface area contributed by atoms with Gasteiger partial charge in [0.05, 0.1) is 18.0 Å². The van der Waals surface area contributed by atoms with Gasteiger partial charge in [0.2, 0.25) is 0 Å². The lowest BCUT2D eigenvalue weighted by Gasteiger charge is -2.35. The van der Waals surface area contributed by atoms with E-state index in [4.69, 9.17) is 4.74 Å². The predicted octanol–water partition coefficient (Wildman–Crippen LogP) is 2.35. The highest BCUT2D eigenvalue weighted by molar-refractivity contribution is 9.10. The van der Waals surface area contributed by atoms with Gasteiger partial charge in [0, 0.05) is 41.9 Å². The first kappa shape index (κ1) is 22.3. The lowest BCUT2D eigenvalue weighted by atomic mass is 10.0. The minimum Gasteiger partial charge on any atom is -0.485 e. The Morgan fingerprint density at radius 2 is 2.03 bits per heavy atom. The molecule has 8 nitrogen and oxygen atoms in total. The van der Waals surface area contributed by atoms with Gasteiger partial charge in [-0.15, -0.1) is 0 Å². The Balaban J connectivity index is 1.37. The van der Waals surface area contributed by atoms with E-state index >= 15 is 0 Å². The first-order valence-electron chi connectivity index (χ1n) is 10.2. The second-order valence-electron chi connectivity index (χ2n) is 7.86. The van der Waals surface area contributed by atoms with Crippen molar-refractivity contribution in [2.24, 2.45) is 0 Å². The van der Waals surface area contributed by atoms with Crippen LogP contribution in [0.15, 0.2) is 58.1 Å². The highest BCUT2D eigenvalue weighted by Gasteiger charge is 2.24. The van der Waals surface area contributed by atoms with Gasteiger partial charge in [-0.1, -0.05) is 18.2 Å². The average Bonchev–Trinajstić information content (AvgIpc) is 2.74. The molecule has 1 N–H and O–H groups in total. The molecule has 9 heteroatoms. The predicted molar refractivity (Wildman–Crippen MR) is 122 cm³/mol. The van der Waals surface area contributed by atoms with Crippen molar-refractivity contribution in [2.45, 2.75) is 32.7 Å². The quantitative estimate of drug-likeness (QED) is 0.476. The molecule has 1 aliphatic rings. The van der Waals surface area contributed by atoms with Crippen LogP contribution in [0, 0.1) is 6.92 Å². The van der Waals surface area contributed by atoms with E-state index in [9.17, 15) is 14.7 Å². The van der Waals surface area contributed by atoms with Crippen LogP contribution in [0.3, 0.4) is 0 Å². The van der Waals surface area contributed by atoms with Crippen LogP contribution < -0.4 is 10.3 Å². The standard InChI is InChI=1S/C23H23BrN4O4/c1-15-6-16(10-27-11-19(29)12-27)2-5-21(15)22(30)13-28-23(31)7-20(9-26-28)32-14-18-4-3-17(24)8-25-18/h2-9,19,29H,10-14H2,1H3. The number of β-amino-alcohol motifs (C(OH)–C–C–N with tert-alkyl or cyclic N) is 1. The number of hydrogen-bond acceptors (Lipinski definition) is 7. The molecular weight excluding hydrogens is 476 g/mol. The number of hydrogen-bond donors (Lipinski definition) is 1. The Morgan fingerprint density at radius 3 is 2.69 bits per heavy atom. The summed E-state index contributed by atoms with van der Waals surface area (Å²) in [4.78, 5) is 31.5. The molecule has 166 valence electrons. The molecule has 1 aromatic carbocycles. The molecule has 1 fully saturated rings. The van der Waals surface area contributed by atoms with Crippen LogP contribution in [0.5, 0.6) is 5.75 Å². The van der Waals surface area contributed by atoms with Gasteiger partial charge >= 0.3 is 0 Å². The summed E-state index contributed by atoms with van der Waals surface area (Å²) in [6, 6.07) is 10.7. The largest absolute Gasteiger partial charge is 0.485 e. The SMILES string of the molecule is Cc1cc(CN2CC(O)C2)ccc1C(=O)Cn1ncc(OCc2ccc(Br)cn2)cc1=O. The van der Waals surface area contributed by atoms with Crippen LogP contribution in [0.2, 0.25) is 0 Å². The summed E-state index contributed by atoms with van der Waals surface area (Å²) < 4.78 is 7.58. The van der Waals surface area contributed by atoms with Crippen LogP contribution in [-0.2, 0) is 19.7 Å². The lowest BCUT2D eigenvalue weighted by molar-refractivity contribution is -0.00286. The number of aromatic nitrogens is 3. The highest BCUT2D eigenvalue weighted by atomic mass is 79.9. The number of nitrogens with zero attached hydrogens (tertiary/aromatic N) is 4. The van der Waals surface area contributed by atoms with Gasteiger partial charge in [-0.2, -0.15) is 5.10 Å². The Kier molecular flexibility index (Phi) is 6.78. The highest BCUT2D eigenvalue weighted by Crippen LogP contribution is 2.17. The summed E-state index contributed by atoms with van der Waals surface area (Å²) >= 11 is 3.32. The van der Waals surface area contributed by atoms with Crippen molar-refractivity contribution in [3.8, 4) is 5.75 Å². The first-order valence-corrected chi connectivity index (χ1v) is 11.0. The van der Waals surface area contributed by atoms with Crippen molar-refractivity contribution in [3.05, 3.63) is 86.0 Å². The zero-order chi connectivity index (χ0) is 22.7. The van der Waals surface area contributed by atoms with Gasteiger partial charge in [-0.05, 0) is 46.1 Å². The molecule has 0 spiro atoms. The second-order valence-corrected chi connectivity index (χ2v) is 8.78. The van der Waals surface area contributed by atoms with Gasteiger partial charge < -0.3 is 9.84 Å². The third kappa shape index (κ3) is 5.48. The van der Waals surface area contributed by atoms with Crippen LogP contribution in [0.25, 0.3) is 0 Å². The number of ketones is 1. The van der Waals surface area contributed by atoms with Crippen molar-refractivity contribution >= 4 is 21.7 Å². The monoisotopic (exact) mass is 498 g/mol. The van der Waals surface area contributed by atoms with Crippen molar-refractivity contribution in [2.75, 3.05) is 13.1 Å². The zero-order valence-corrected chi connectivity index (χ0v) is 19.2. The summed E-state index contributed by atoms with van der Waals surface area (Å²) in [6.07, 6.45) is 2.85. The number of carbonyl (C=O) groups excluding carboxylic acids is 1. The second kappa shape index (κ2) is 9.72. The number of benzene rings is 1. The van der Waals surface area contributed by atoms with E-state index in [-0.39, 0.29) is 25.0 Å². The normalized spacial score (nSPS) is 14.2. The van der Waals surface area contributed by atoms with Crippen LogP contribution >= 0.6 is 15.9 Å². The Labute approximate surface area is 193 Å². The Hall–Kier alpha value is -2.88. The molecule has 4 rings (SSSR count). The van der Waals surface area contributed by atoms with Crippen molar-refractivity contribution in [1.29, 1.82) is 0 Å². The van der Waals surface area contributed by atoms with Crippen molar-refractivity contribution in [3.63, 3.8) is 0 Å². The number of likely N-dealkylation sites (tertiary alicyclic amines) is 1. The maximum atomic E-state index is 12.8. The molecule has 0 aliphatic carbocycles. The van der Waals surface area contributed by atoms with Gasteiger partial charge in [-0.3, -0.25) is 19.5 Å². The summed E-state index contributed by atoms with van der Waals surface area (Å²) in [6.45, 7) is 4.03. The molecule has 3 aromatic rings. The first-order chi connectivity index (χ1) is 15.4. The van der Waals surface area contributed by atoms with Crippen LogP contribution in [0.4, 0.5) is 0 Å². The topological polar surface area (TPSA) is 97.6 Å². The number of pyridine rings is 1. The Morgan fingerprint density at radius 1 is 1.22 bits per heavy atom. The Bertz CT molecular complexity index is 1170. The molecular formula is C23H23BrN4O4. The van der Waals surface area contributed by atoms with Gasteiger partial charge in [-0.25, -0.2) is 4.68 Å². The molecule has 1 saturated heterocycles. The van der Waals surface area contributed by atoms with E-state index in [0.29, 0.717) is 24.4 Å². The van der Waals surface area contributed by atoms with Gasteiger partial charge in [0.25, 0.3) is 5.56 Å². The molecule has 0 radical (unpaired) electrons. The molecule has 0 saturated carbocycles. The van der Waals surface area contributed by atoms with Crippen molar-refractivity contribution in [1.82, 2.24) is 19.7 Å². The summed E-state index contributed by atoms with van der Waals surface area (Å²) in [5.74, 6) is 0.135. The van der Waals surface area contributed by atoms with E-state index < -0.39 is 5.56 Å². The molecule has 3 heterocycles. The molecule has 0 amide bonds. The minimum atomic E-state index is -0.412. The number of halogens is 1. The summed E-state index contributed by atoms with van der Waals surface area (Å²) in [5, 5.41) is 13.5. The number of carbonyl (C=O) groups is 1. The third-order valence-corrected chi connectivity index (χ3v) is 5.72. The van der Waals surface area contributed by atoms with E-state index in [1.54, 1.807) is 12.3 Å². The number of aryl methyl sites for hydroxylation is 1. The molecule has 32 heavy (non-hydrogen) atoms. The third-order valence-electron chi connectivity index (χ3n) is 5.25. The molecule has 0 atom stereocenters. The smallest absolute Gasteiger partial charge is 0.270 e.